The van der Waals surface area contributed by atoms with Crippen LogP contribution in [0.3, 0.4) is 0 Å². The molecule has 3 heterocycles. The number of nitrogens with zero attached hydrogens (tertiary/aromatic N) is 4. The highest BCUT2D eigenvalue weighted by Crippen LogP contribution is 2.21. The number of hydrogen-bond donors (Lipinski definition) is 0. The van der Waals surface area contributed by atoms with Crippen LogP contribution in [0.2, 0.25) is 4.47 Å². The van der Waals surface area contributed by atoms with E-state index >= 15 is 0 Å². The number of hydrogen-bond acceptors (Lipinski definition) is 5. The molecule has 4 rings (SSSR count). The van der Waals surface area contributed by atoms with Gasteiger partial charge in [0.2, 0.25) is 0 Å². The molecule has 0 unspecified atom stereocenters. The molecule has 0 amide bonds. The third kappa shape index (κ3) is 2.93. The Hall–Kier alpha value is -2.84. The van der Waals surface area contributed by atoms with E-state index in [0.29, 0.717) is 11.0 Å². The topological polar surface area (TPSA) is 69.8 Å². The van der Waals surface area contributed by atoms with Crippen LogP contribution in [-0.2, 0) is 6.54 Å². The van der Waals surface area contributed by atoms with E-state index in [-0.39, 0.29) is 17.1 Å². The van der Waals surface area contributed by atoms with Gasteiger partial charge in [0.25, 0.3) is 5.56 Å². The summed E-state index contributed by atoms with van der Waals surface area (Å²) in [4.78, 5) is 34.2. The van der Waals surface area contributed by atoms with Crippen LogP contribution in [0.5, 0.6) is 0 Å². The number of fused-ring (bicyclic) bond motifs is 1. The molecule has 0 saturated carbocycles. The van der Waals surface area contributed by atoms with Gasteiger partial charge < -0.3 is 4.57 Å². The third-order valence-electron chi connectivity index (χ3n) is 3.79. The number of halogens is 2. The molecule has 1 aromatic carbocycles. The predicted octanol–water partition coefficient (Wildman–Crippen LogP) is 2.80. The highest BCUT2D eigenvalue weighted by Gasteiger charge is 2.18. The lowest BCUT2D eigenvalue weighted by molar-refractivity contribution is 0.625. The molecular formula is C17H10ClFN4O2S. The van der Waals surface area contributed by atoms with Crippen molar-refractivity contribution in [2.45, 2.75) is 6.54 Å². The van der Waals surface area contributed by atoms with Crippen molar-refractivity contribution in [1.82, 2.24) is 19.1 Å². The number of rotatable bonds is 3. The fourth-order valence-corrected chi connectivity index (χ4v) is 3.65. The zero-order chi connectivity index (χ0) is 18.3. The normalized spacial score (nSPS) is 11.2. The molecule has 2 aliphatic rings. The van der Waals surface area contributed by atoms with Gasteiger partial charge >= 0.3 is 5.69 Å². The van der Waals surface area contributed by atoms with E-state index in [9.17, 15) is 14.0 Å². The van der Waals surface area contributed by atoms with Crippen molar-refractivity contribution in [3.05, 3.63) is 84.8 Å². The van der Waals surface area contributed by atoms with Gasteiger partial charge in [0, 0.05) is 17.3 Å². The van der Waals surface area contributed by atoms with E-state index in [0.717, 1.165) is 15.5 Å². The molecule has 0 radical (unpaired) electrons. The van der Waals surface area contributed by atoms with E-state index in [4.69, 9.17) is 11.6 Å². The molecule has 0 aliphatic carbocycles. The molecular weight excluding hydrogens is 379 g/mol. The number of thiazole rings is 1. The number of pyridine rings is 1. The summed E-state index contributed by atoms with van der Waals surface area (Å²) in [6, 6.07) is 8.54. The molecule has 2 aromatic rings. The first-order valence-corrected chi connectivity index (χ1v) is 8.71. The third-order valence-corrected chi connectivity index (χ3v) is 4.89. The Balaban J connectivity index is 1.90. The van der Waals surface area contributed by atoms with Crippen molar-refractivity contribution in [3.63, 3.8) is 0 Å². The van der Waals surface area contributed by atoms with Crippen molar-refractivity contribution in [2.24, 2.45) is 0 Å². The molecule has 0 spiro atoms. The highest BCUT2D eigenvalue weighted by molar-refractivity contribution is 7.15. The molecule has 0 fully saturated rings. The predicted molar refractivity (Wildman–Crippen MR) is 96.9 cm³/mol. The lowest BCUT2D eigenvalue weighted by atomic mass is 10.2. The first kappa shape index (κ1) is 16.6. The maximum absolute atomic E-state index is 13.5. The van der Waals surface area contributed by atoms with Gasteiger partial charge in [0.15, 0.2) is 10.3 Å². The zero-order valence-corrected chi connectivity index (χ0v) is 14.7. The van der Waals surface area contributed by atoms with Gasteiger partial charge in [-0.1, -0.05) is 17.7 Å². The van der Waals surface area contributed by atoms with Crippen molar-refractivity contribution < 1.29 is 4.39 Å². The van der Waals surface area contributed by atoms with Crippen molar-refractivity contribution in [3.8, 4) is 17.1 Å². The number of aromatic nitrogens is 4. The van der Waals surface area contributed by atoms with Gasteiger partial charge in [-0.25, -0.2) is 18.7 Å². The van der Waals surface area contributed by atoms with Crippen LogP contribution in [0.1, 0.15) is 4.88 Å². The van der Waals surface area contributed by atoms with Gasteiger partial charge in [-0.15, -0.1) is 11.3 Å². The van der Waals surface area contributed by atoms with Crippen LogP contribution in [0.25, 0.3) is 17.1 Å². The molecule has 26 heavy (non-hydrogen) atoms. The van der Waals surface area contributed by atoms with E-state index in [1.54, 1.807) is 29.1 Å². The molecule has 0 atom stereocenters. The van der Waals surface area contributed by atoms with Crippen LogP contribution < -0.4 is 11.2 Å². The maximum atomic E-state index is 13.5. The van der Waals surface area contributed by atoms with Crippen LogP contribution >= 0.6 is 22.9 Å². The Morgan fingerprint density at radius 1 is 1.19 bits per heavy atom. The Morgan fingerprint density at radius 3 is 2.77 bits per heavy atom. The molecule has 0 saturated heterocycles. The Labute approximate surface area is 155 Å². The molecule has 130 valence electrons. The van der Waals surface area contributed by atoms with Crippen molar-refractivity contribution in [1.29, 1.82) is 0 Å². The first-order chi connectivity index (χ1) is 12.5. The quantitative estimate of drug-likeness (QED) is 0.541. The van der Waals surface area contributed by atoms with E-state index in [1.165, 1.54) is 29.5 Å². The fraction of sp³-hybridized carbons (Fsp3) is 0.0588. The summed E-state index contributed by atoms with van der Waals surface area (Å²) in [6.07, 6.45) is 3.35. The summed E-state index contributed by atoms with van der Waals surface area (Å²) < 4.78 is 16.4. The lowest BCUT2D eigenvalue weighted by Crippen LogP contribution is -2.36. The average molecular weight is 389 g/mol. The van der Waals surface area contributed by atoms with Crippen LogP contribution in [0, 0.1) is 5.82 Å². The molecule has 0 bridgehead atoms. The fourth-order valence-electron chi connectivity index (χ4n) is 2.68. The summed E-state index contributed by atoms with van der Waals surface area (Å²) in [5.41, 5.74) is -0.927. The van der Waals surface area contributed by atoms with E-state index in [1.807, 2.05) is 0 Å². The number of benzene rings is 1. The zero-order valence-electron chi connectivity index (χ0n) is 13.1. The molecule has 1 aromatic heterocycles. The van der Waals surface area contributed by atoms with Gasteiger partial charge in [-0.05, 0) is 30.3 Å². The van der Waals surface area contributed by atoms with Crippen molar-refractivity contribution >= 4 is 22.9 Å². The minimum absolute atomic E-state index is 0.138. The second kappa shape index (κ2) is 6.47. The van der Waals surface area contributed by atoms with Gasteiger partial charge in [0.05, 0.1) is 17.8 Å². The maximum Gasteiger partial charge on any atom is 0.357 e. The molecule has 2 aliphatic heterocycles. The van der Waals surface area contributed by atoms with Crippen LogP contribution in [0.4, 0.5) is 4.39 Å². The van der Waals surface area contributed by atoms with Crippen LogP contribution in [0.15, 0.2) is 58.4 Å². The minimum Gasteiger partial charge on any atom is -0.327 e. The smallest absolute Gasteiger partial charge is 0.327 e. The lowest BCUT2D eigenvalue weighted by Gasteiger charge is -2.14. The summed E-state index contributed by atoms with van der Waals surface area (Å²) in [7, 11) is 0. The molecule has 0 N–H and O–H groups in total. The molecule has 9 heteroatoms. The molecule has 6 nitrogen and oxygen atoms in total. The monoisotopic (exact) mass is 388 g/mol. The summed E-state index contributed by atoms with van der Waals surface area (Å²) in [5, 5.41) is 0. The van der Waals surface area contributed by atoms with E-state index < -0.39 is 17.1 Å². The summed E-state index contributed by atoms with van der Waals surface area (Å²) in [6.45, 7) is 0.373. The van der Waals surface area contributed by atoms with Crippen LogP contribution in [-0.4, -0.2) is 19.1 Å². The average Bonchev–Trinajstić information content (AvgIpc) is 3.01. The minimum atomic E-state index is -0.768. The van der Waals surface area contributed by atoms with Gasteiger partial charge in [0.1, 0.15) is 5.82 Å². The Bertz CT molecular complexity index is 1200. The highest BCUT2D eigenvalue weighted by atomic mass is 35.5. The SMILES string of the molecule is O=c1nc2n(Cc3cnc(Cl)s3)cccc-2c(=O)n1-c1cccc(F)c1. The van der Waals surface area contributed by atoms with E-state index in [2.05, 4.69) is 9.97 Å². The summed E-state index contributed by atoms with van der Waals surface area (Å²) in [5.74, 6) is -0.293. The second-order valence-corrected chi connectivity index (χ2v) is 7.17. The summed E-state index contributed by atoms with van der Waals surface area (Å²) >= 11 is 7.15. The first-order valence-electron chi connectivity index (χ1n) is 7.51. The van der Waals surface area contributed by atoms with Gasteiger partial charge in [-0.3, -0.25) is 4.79 Å². The second-order valence-electron chi connectivity index (χ2n) is 5.47. The largest absolute Gasteiger partial charge is 0.357 e. The van der Waals surface area contributed by atoms with Crippen molar-refractivity contribution in [2.75, 3.05) is 0 Å². The Kier molecular flexibility index (Phi) is 4.14. The standard InChI is InChI=1S/C17H10ClFN4O2S/c18-16-20-8-12(26-16)9-22-6-2-5-13-14(22)21-17(25)23(15(13)24)11-4-1-3-10(19)7-11/h1-8H,9H2. The Morgan fingerprint density at radius 2 is 2.04 bits per heavy atom. The van der Waals surface area contributed by atoms with Gasteiger partial charge in [-0.2, -0.15) is 4.98 Å².